The van der Waals surface area contributed by atoms with E-state index in [1.165, 1.54) is 0 Å². The summed E-state index contributed by atoms with van der Waals surface area (Å²) >= 11 is 3.50. The molecule has 0 aliphatic rings. The number of halogens is 1. The standard InChI is InChI=1S/C14H27BrN4O/c1-11(2)16-7-6-14(3,20)13-12(15)10-17-19(13)9-8-18(4)5/h10-11,16,20H,6-9H2,1-5H3. The molecule has 116 valence electrons. The third-order valence-corrected chi connectivity index (χ3v) is 3.81. The number of nitrogens with one attached hydrogen (secondary N) is 1. The van der Waals surface area contributed by atoms with Crippen molar-refractivity contribution in [2.24, 2.45) is 0 Å². The summed E-state index contributed by atoms with van der Waals surface area (Å²) in [5.74, 6) is 0. The minimum Gasteiger partial charge on any atom is -0.384 e. The Bertz CT molecular complexity index is 415. The maximum absolute atomic E-state index is 10.8. The van der Waals surface area contributed by atoms with Crippen LogP contribution in [0.4, 0.5) is 0 Å². The van der Waals surface area contributed by atoms with Crippen molar-refractivity contribution in [1.29, 1.82) is 0 Å². The van der Waals surface area contributed by atoms with E-state index < -0.39 is 5.60 Å². The average Bonchev–Trinajstić information content (AvgIpc) is 2.67. The summed E-state index contributed by atoms with van der Waals surface area (Å²) in [6.07, 6.45) is 2.41. The second-order valence-electron chi connectivity index (χ2n) is 6.00. The molecule has 0 saturated carbocycles. The van der Waals surface area contributed by atoms with Crippen LogP contribution in [0.1, 0.15) is 32.9 Å². The van der Waals surface area contributed by atoms with Gasteiger partial charge in [-0.05, 0) is 49.9 Å². The normalized spacial score (nSPS) is 15.1. The molecule has 1 atom stereocenters. The Labute approximate surface area is 130 Å². The Kier molecular flexibility index (Phi) is 6.64. The lowest BCUT2D eigenvalue weighted by Gasteiger charge is -2.26. The van der Waals surface area contributed by atoms with Gasteiger partial charge in [-0.15, -0.1) is 0 Å². The quantitative estimate of drug-likeness (QED) is 0.753. The third kappa shape index (κ3) is 5.16. The predicted octanol–water partition coefficient (Wildman–Crippen LogP) is 1.80. The fraction of sp³-hybridized carbons (Fsp3) is 0.786. The van der Waals surface area contributed by atoms with Crippen molar-refractivity contribution in [3.63, 3.8) is 0 Å². The molecule has 1 aromatic heterocycles. The molecular weight excluding hydrogens is 320 g/mol. The fourth-order valence-electron chi connectivity index (χ4n) is 2.08. The molecule has 1 unspecified atom stereocenters. The average molecular weight is 347 g/mol. The van der Waals surface area contributed by atoms with Crippen LogP contribution >= 0.6 is 15.9 Å². The van der Waals surface area contributed by atoms with Crippen LogP contribution in [0, 0.1) is 0 Å². The maximum Gasteiger partial charge on any atom is 0.106 e. The van der Waals surface area contributed by atoms with E-state index in [-0.39, 0.29) is 0 Å². The molecule has 5 nitrogen and oxygen atoms in total. The molecular formula is C14H27BrN4O. The number of hydrogen-bond acceptors (Lipinski definition) is 4. The highest BCUT2D eigenvalue weighted by Gasteiger charge is 2.29. The zero-order chi connectivity index (χ0) is 15.3. The van der Waals surface area contributed by atoms with Crippen molar-refractivity contribution in [2.45, 2.75) is 45.4 Å². The first kappa shape index (κ1) is 17.6. The minimum atomic E-state index is -0.899. The Morgan fingerprint density at radius 2 is 2.15 bits per heavy atom. The second-order valence-corrected chi connectivity index (χ2v) is 6.85. The van der Waals surface area contributed by atoms with Gasteiger partial charge in [0.05, 0.1) is 22.9 Å². The van der Waals surface area contributed by atoms with Crippen LogP contribution in [0.3, 0.4) is 0 Å². The summed E-state index contributed by atoms with van der Waals surface area (Å²) < 4.78 is 2.75. The van der Waals surface area contributed by atoms with Crippen LogP contribution in [0.25, 0.3) is 0 Å². The van der Waals surface area contributed by atoms with Crippen LogP contribution < -0.4 is 5.32 Å². The van der Waals surface area contributed by atoms with Gasteiger partial charge in [0.25, 0.3) is 0 Å². The fourth-order valence-corrected chi connectivity index (χ4v) is 2.81. The van der Waals surface area contributed by atoms with Gasteiger partial charge in [0, 0.05) is 12.6 Å². The SMILES string of the molecule is CC(C)NCCC(C)(O)c1c(Br)cnn1CCN(C)C. The van der Waals surface area contributed by atoms with Gasteiger partial charge in [0.15, 0.2) is 0 Å². The van der Waals surface area contributed by atoms with Crippen LogP contribution in [0.5, 0.6) is 0 Å². The van der Waals surface area contributed by atoms with Gasteiger partial charge in [-0.25, -0.2) is 0 Å². The zero-order valence-corrected chi connectivity index (χ0v) is 14.7. The molecule has 2 N–H and O–H groups in total. The first-order valence-corrected chi connectivity index (χ1v) is 7.85. The van der Waals surface area contributed by atoms with E-state index >= 15 is 0 Å². The summed E-state index contributed by atoms with van der Waals surface area (Å²) in [6.45, 7) is 8.49. The second kappa shape index (κ2) is 7.54. The van der Waals surface area contributed by atoms with Gasteiger partial charge in [-0.3, -0.25) is 4.68 Å². The van der Waals surface area contributed by atoms with Crippen LogP contribution in [0.15, 0.2) is 10.7 Å². The van der Waals surface area contributed by atoms with Gasteiger partial charge >= 0.3 is 0 Å². The molecule has 0 aromatic carbocycles. The molecule has 0 amide bonds. The molecule has 1 heterocycles. The number of likely N-dealkylation sites (N-methyl/N-ethyl adjacent to an activating group) is 1. The molecule has 1 rings (SSSR count). The lowest BCUT2D eigenvalue weighted by Crippen LogP contribution is -2.34. The summed E-state index contributed by atoms with van der Waals surface area (Å²) in [6, 6.07) is 0.424. The highest BCUT2D eigenvalue weighted by Crippen LogP contribution is 2.30. The monoisotopic (exact) mass is 346 g/mol. The van der Waals surface area contributed by atoms with Crippen LogP contribution in [0.2, 0.25) is 0 Å². The van der Waals surface area contributed by atoms with Crippen LogP contribution in [-0.4, -0.2) is 53.0 Å². The Morgan fingerprint density at radius 1 is 1.50 bits per heavy atom. The van der Waals surface area contributed by atoms with E-state index in [1.807, 2.05) is 25.7 Å². The number of aromatic nitrogens is 2. The number of nitrogens with zero attached hydrogens (tertiary/aromatic N) is 3. The molecule has 1 aromatic rings. The predicted molar refractivity (Wildman–Crippen MR) is 85.8 cm³/mol. The summed E-state index contributed by atoms with van der Waals surface area (Å²) in [7, 11) is 4.06. The number of rotatable bonds is 8. The van der Waals surface area contributed by atoms with Crippen LogP contribution in [-0.2, 0) is 12.1 Å². The van der Waals surface area contributed by atoms with Crippen molar-refractivity contribution in [1.82, 2.24) is 20.0 Å². The lowest BCUT2D eigenvalue weighted by molar-refractivity contribution is 0.0370. The number of aliphatic hydroxyl groups is 1. The molecule has 0 fully saturated rings. The summed E-state index contributed by atoms with van der Waals surface area (Å²) in [5, 5.41) is 18.5. The van der Waals surface area contributed by atoms with E-state index in [1.54, 1.807) is 6.20 Å². The Morgan fingerprint density at radius 3 is 2.70 bits per heavy atom. The van der Waals surface area contributed by atoms with E-state index in [4.69, 9.17) is 0 Å². The molecule has 20 heavy (non-hydrogen) atoms. The zero-order valence-electron chi connectivity index (χ0n) is 13.1. The molecule has 0 aliphatic carbocycles. The Balaban J connectivity index is 2.79. The summed E-state index contributed by atoms with van der Waals surface area (Å²) in [5.41, 5.74) is -0.0475. The van der Waals surface area contributed by atoms with Gasteiger partial charge in [0.2, 0.25) is 0 Å². The topological polar surface area (TPSA) is 53.3 Å². The maximum atomic E-state index is 10.8. The van der Waals surface area contributed by atoms with Crippen molar-refractivity contribution in [3.8, 4) is 0 Å². The molecule has 0 aliphatic heterocycles. The minimum absolute atomic E-state index is 0.424. The van der Waals surface area contributed by atoms with Crippen molar-refractivity contribution in [3.05, 3.63) is 16.4 Å². The van der Waals surface area contributed by atoms with Crippen molar-refractivity contribution < 1.29 is 5.11 Å². The van der Waals surface area contributed by atoms with Gasteiger partial charge < -0.3 is 15.3 Å². The molecule has 0 saturated heterocycles. The van der Waals surface area contributed by atoms with Crippen molar-refractivity contribution >= 4 is 15.9 Å². The van der Waals surface area contributed by atoms with Gasteiger partial charge in [0.1, 0.15) is 5.60 Å². The number of hydrogen-bond donors (Lipinski definition) is 2. The van der Waals surface area contributed by atoms with E-state index in [0.717, 1.165) is 29.8 Å². The van der Waals surface area contributed by atoms with Crippen molar-refractivity contribution in [2.75, 3.05) is 27.2 Å². The first-order valence-electron chi connectivity index (χ1n) is 7.06. The molecule has 6 heteroatoms. The van der Waals surface area contributed by atoms with E-state index in [0.29, 0.717) is 12.5 Å². The largest absolute Gasteiger partial charge is 0.384 e. The highest BCUT2D eigenvalue weighted by atomic mass is 79.9. The first-order chi connectivity index (χ1) is 9.24. The van der Waals surface area contributed by atoms with E-state index in [9.17, 15) is 5.11 Å². The van der Waals surface area contributed by atoms with Gasteiger partial charge in [-0.1, -0.05) is 13.8 Å². The lowest BCUT2D eigenvalue weighted by atomic mass is 9.98. The molecule has 0 radical (unpaired) electrons. The molecule has 0 bridgehead atoms. The third-order valence-electron chi connectivity index (χ3n) is 3.23. The molecule has 0 spiro atoms. The van der Waals surface area contributed by atoms with Gasteiger partial charge in [-0.2, -0.15) is 5.10 Å². The highest BCUT2D eigenvalue weighted by molar-refractivity contribution is 9.10. The van der Waals surface area contributed by atoms with E-state index in [2.05, 4.69) is 45.1 Å². The Hall–Kier alpha value is -0.430. The summed E-state index contributed by atoms with van der Waals surface area (Å²) in [4.78, 5) is 2.11. The smallest absolute Gasteiger partial charge is 0.106 e.